The molecule has 2 aromatic rings. The topological polar surface area (TPSA) is 84.9 Å². The van der Waals surface area contributed by atoms with Crippen molar-refractivity contribution in [1.82, 2.24) is 5.32 Å². The quantitative estimate of drug-likeness (QED) is 0.639. The van der Waals surface area contributed by atoms with E-state index in [0.717, 1.165) is 21.9 Å². The van der Waals surface area contributed by atoms with Gasteiger partial charge in [0.25, 0.3) is 0 Å². The van der Waals surface area contributed by atoms with E-state index in [1.807, 2.05) is 45.0 Å². The molecule has 0 fully saturated rings. The summed E-state index contributed by atoms with van der Waals surface area (Å²) in [6.45, 7) is 5.99. The van der Waals surface area contributed by atoms with E-state index in [1.54, 1.807) is 24.3 Å². The Balaban J connectivity index is 2.10. The fraction of sp³-hybridized carbons (Fsp3) is 0.381. The van der Waals surface area contributed by atoms with E-state index in [1.165, 1.54) is 0 Å². The largest absolute Gasteiger partial charge is 0.492 e. The Morgan fingerprint density at radius 2 is 1.86 bits per heavy atom. The lowest BCUT2D eigenvalue weighted by Crippen LogP contribution is -2.40. The van der Waals surface area contributed by atoms with Crippen LogP contribution in [0.5, 0.6) is 11.5 Å². The highest BCUT2D eigenvalue weighted by Gasteiger charge is 2.23. The molecule has 0 spiro atoms. The Morgan fingerprint density at radius 1 is 1.14 bits per heavy atom. The standard InChI is InChI=1S/C21H28N2O5S/c1-5-27-20-12-7-6-11-19(20)23(29(4,25)26)15-21(24)22-14-17-9-8-10-18(13-17)28-16(2)3/h6-13,16H,5,14-15H2,1-4H3,(H,22,24). The third-order valence-corrected chi connectivity index (χ3v) is 5.01. The van der Waals surface area contributed by atoms with Crippen LogP contribution in [0.3, 0.4) is 0 Å². The number of para-hydroxylation sites is 2. The van der Waals surface area contributed by atoms with Crippen LogP contribution in [-0.2, 0) is 21.4 Å². The number of amides is 1. The molecule has 2 rings (SSSR count). The predicted molar refractivity (Wildman–Crippen MR) is 114 cm³/mol. The van der Waals surface area contributed by atoms with Crippen molar-refractivity contribution in [2.24, 2.45) is 0 Å². The number of hydrogen-bond acceptors (Lipinski definition) is 5. The molecule has 0 bridgehead atoms. The molecular formula is C21H28N2O5S. The first-order chi connectivity index (χ1) is 13.7. The number of hydrogen-bond donors (Lipinski definition) is 1. The number of nitrogens with zero attached hydrogens (tertiary/aromatic N) is 1. The van der Waals surface area contributed by atoms with Crippen molar-refractivity contribution >= 4 is 21.6 Å². The normalized spacial score (nSPS) is 11.2. The van der Waals surface area contributed by atoms with E-state index in [2.05, 4.69) is 5.32 Å². The molecule has 2 aromatic carbocycles. The fourth-order valence-electron chi connectivity index (χ4n) is 2.71. The van der Waals surface area contributed by atoms with Gasteiger partial charge in [0.1, 0.15) is 18.0 Å². The van der Waals surface area contributed by atoms with Gasteiger partial charge in [-0.3, -0.25) is 9.10 Å². The van der Waals surface area contributed by atoms with Gasteiger partial charge >= 0.3 is 0 Å². The number of carbonyl (C=O) groups is 1. The molecule has 0 aliphatic heterocycles. The first kappa shape index (κ1) is 22.5. The zero-order valence-electron chi connectivity index (χ0n) is 17.2. The van der Waals surface area contributed by atoms with Gasteiger partial charge in [0, 0.05) is 6.54 Å². The molecule has 7 nitrogen and oxygen atoms in total. The van der Waals surface area contributed by atoms with Gasteiger partial charge in [-0.2, -0.15) is 0 Å². The molecule has 0 saturated carbocycles. The van der Waals surface area contributed by atoms with Crippen LogP contribution in [0.1, 0.15) is 26.3 Å². The fourth-order valence-corrected chi connectivity index (χ4v) is 3.57. The van der Waals surface area contributed by atoms with E-state index in [0.29, 0.717) is 18.0 Å². The number of rotatable bonds is 10. The minimum absolute atomic E-state index is 0.0496. The average Bonchev–Trinajstić information content (AvgIpc) is 2.64. The second-order valence-electron chi connectivity index (χ2n) is 6.76. The Morgan fingerprint density at radius 3 is 2.52 bits per heavy atom. The van der Waals surface area contributed by atoms with Crippen molar-refractivity contribution in [3.63, 3.8) is 0 Å². The third-order valence-electron chi connectivity index (χ3n) is 3.88. The first-order valence-electron chi connectivity index (χ1n) is 9.42. The Hall–Kier alpha value is -2.74. The molecule has 0 aliphatic carbocycles. The van der Waals surface area contributed by atoms with Crippen molar-refractivity contribution in [3.8, 4) is 11.5 Å². The summed E-state index contributed by atoms with van der Waals surface area (Å²) >= 11 is 0. The minimum atomic E-state index is -3.68. The Labute approximate surface area is 172 Å². The van der Waals surface area contributed by atoms with Gasteiger partial charge in [-0.05, 0) is 50.6 Å². The van der Waals surface area contributed by atoms with Gasteiger partial charge in [-0.15, -0.1) is 0 Å². The van der Waals surface area contributed by atoms with E-state index >= 15 is 0 Å². The van der Waals surface area contributed by atoms with Crippen LogP contribution in [0.4, 0.5) is 5.69 Å². The van der Waals surface area contributed by atoms with E-state index in [-0.39, 0.29) is 19.2 Å². The molecule has 0 saturated heterocycles. The van der Waals surface area contributed by atoms with Gasteiger partial charge in [0.05, 0.1) is 24.7 Å². The van der Waals surface area contributed by atoms with Gasteiger partial charge in [0.15, 0.2) is 0 Å². The van der Waals surface area contributed by atoms with Gasteiger partial charge in [-0.1, -0.05) is 24.3 Å². The molecule has 0 heterocycles. The van der Waals surface area contributed by atoms with E-state index < -0.39 is 15.9 Å². The maximum absolute atomic E-state index is 12.5. The summed E-state index contributed by atoms with van der Waals surface area (Å²) in [6.07, 6.45) is 1.11. The summed E-state index contributed by atoms with van der Waals surface area (Å²) in [5.74, 6) is 0.707. The summed E-state index contributed by atoms with van der Waals surface area (Å²) in [5, 5.41) is 2.76. The second-order valence-corrected chi connectivity index (χ2v) is 8.67. The molecule has 0 unspecified atom stereocenters. The molecule has 0 radical (unpaired) electrons. The molecule has 0 aliphatic rings. The smallest absolute Gasteiger partial charge is 0.241 e. The molecule has 8 heteroatoms. The summed E-state index contributed by atoms with van der Waals surface area (Å²) in [6, 6.07) is 14.2. The number of benzene rings is 2. The van der Waals surface area contributed by atoms with Crippen LogP contribution < -0.4 is 19.1 Å². The third kappa shape index (κ3) is 6.98. The lowest BCUT2D eigenvalue weighted by Gasteiger charge is -2.24. The maximum Gasteiger partial charge on any atom is 0.241 e. The monoisotopic (exact) mass is 420 g/mol. The number of sulfonamides is 1. The molecule has 0 atom stereocenters. The molecular weight excluding hydrogens is 392 g/mol. The number of nitrogens with one attached hydrogen (secondary N) is 1. The molecule has 0 aromatic heterocycles. The van der Waals surface area contributed by atoms with Gasteiger partial charge < -0.3 is 14.8 Å². The van der Waals surface area contributed by atoms with Gasteiger partial charge in [0.2, 0.25) is 15.9 Å². The van der Waals surface area contributed by atoms with Crippen LogP contribution in [0.2, 0.25) is 0 Å². The van der Waals surface area contributed by atoms with Gasteiger partial charge in [-0.25, -0.2) is 8.42 Å². The van der Waals surface area contributed by atoms with Crippen molar-refractivity contribution in [1.29, 1.82) is 0 Å². The molecule has 29 heavy (non-hydrogen) atoms. The zero-order valence-corrected chi connectivity index (χ0v) is 18.0. The summed E-state index contributed by atoms with van der Waals surface area (Å²) < 4.78 is 36.9. The SMILES string of the molecule is CCOc1ccccc1N(CC(=O)NCc1cccc(OC(C)C)c1)S(C)(=O)=O. The van der Waals surface area contributed by atoms with Crippen LogP contribution in [0, 0.1) is 0 Å². The van der Waals surface area contributed by atoms with E-state index in [4.69, 9.17) is 9.47 Å². The van der Waals surface area contributed by atoms with Crippen molar-refractivity contribution in [2.45, 2.75) is 33.4 Å². The lowest BCUT2D eigenvalue weighted by molar-refractivity contribution is -0.119. The van der Waals surface area contributed by atoms with Crippen molar-refractivity contribution in [2.75, 3.05) is 23.7 Å². The molecule has 1 N–H and O–H groups in total. The second kappa shape index (κ2) is 10.2. The highest BCUT2D eigenvalue weighted by molar-refractivity contribution is 7.92. The predicted octanol–water partition coefficient (Wildman–Crippen LogP) is 2.95. The summed E-state index contributed by atoms with van der Waals surface area (Å²) in [5.41, 5.74) is 1.19. The highest BCUT2D eigenvalue weighted by atomic mass is 32.2. The number of carbonyl (C=O) groups excluding carboxylic acids is 1. The number of ether oxygens (including phenoxy) is 2. The van der Waals surface area contributed by atoms with Crippen LogP contribution >= 0.6 is 0 Å². The molecule has 158 valence electrons. The van der Waals surface area contributed by atoms with Crippen molar-refractivity contribution in [3.05, 3.63) is 54.1 Å². The Kier molecular flexibility index (Phi) is 7.90. The first-order valence-corrected chi connectivity index (χ1v) is 11.3. The zero-order chi connectivity index (χ0) is 21.4. The summed E-state index contributed by atoms with van der Waals surface area (Å²) in [7, 11) is -3.68. The minimum Gasteiger partial charge on any atom is -0.492 e. The van der Waals surface area contributed by atoms with Crippen molar-refractivity contribution < 1.29 is 22.7 Å². The number of anilines is 1. The van der Waals surface area contributed by atoms with E-state index in [9.17, 15) is 13.2 Å². The average molecular weight is 421 g/mol. The maximum atomic E-state index is 12.5. The van der Waals surface area contributed by atoms with Crippen LogP contribution in [-0.4, -0.2) is 39.8 Å². The Bertz CT molecular complexity index is 928. The van der Waals surface area contributed by atoms with Crippen LogP contribution in [0.15, 0.2) is 48.5 Å². The lowest BCUT2D eigenvalue weighted by atomic mass is 10.2. The summed E-state index contributed by atoms with van der Waals surface area (Å²) in [4.78, 5) is 12.5. The highest BCUT2D eigenvalue weighted by Crippen LogP contribution is 2.29. The van der Waals surface area contributed by atoms with Crippen LogP contribution in [0.25, 0.3) is 0 Å². The molecule has 1 amide bonds.